The molecule has 0 amide bonds. The van der Waals surface area contributed by atoms with E-state index in [1.165, 1.54) is 13.2 Å². The summed E-state index contributed by atoms with van der Waals surface area (Å²) in [6.45, 7) is 8.27. The normalized spacial score (nSPS) is 17.5. The van der Waals surface area contributed by atoms with E-state index in [0.29, 0.717) is 23.4 Å². The second-order valence-electron chi connectivity index (χ2n) is 8.09. The van der Waals surface area contributed by atoms with Crippen LogP contribution >= 0.6 is 0 Å². The molecule has 1 saturated heterocycles. The third-order valence-corrected chi connectivity index (χ3v) is 5.41. The highest BCUT2D eigenvalue weighted by Crippen LogP contribution is 2.37. The standard InChI is InChI=1S/C22H28BFO5/c1-21(2)22(3,4)29-23(28-21)19-11-17(27-13-16-9-7-6-8-10-16)12-20(24)18(19)14-26-15-25-5/h6-12H,13-15H2,1-5H3. The van der Waals surface area contributed by atoms with Crippen LogP contribution in [0.3, 0.4) is 0 Å². The minimum Gasteiger partial charge on any atom is -0.489 e. The van der Waals surface area contributed by atoms with Crippen molar-refractivity contribution in [3.63, 3.8) is 0 Å². The molecule has 1 aliphatic heterocycles. The number of rotatable bonds is 8. The summed E-state index contributed by atoms with van der Waals surface area (Å²) in [5.41, 5.74) is 0.840. The molecule has 2 aromatic carbocycles. The van der Waals surface area contributed by atoms with Gasteiger partial charge in [-0.05, 0) is 44.8 Å². The minimum atomic E-state index is -0.726. The van der Waals surface area contributed by atoms with Crippen LogP contribution in [0.4, 0.5) is 4.39 Å². The molecular formula is C22H28BFO5. The van der Waals surface area contributed by atoms with Gasteiger partial charge in [0.25, 0.3) is 0 Å². The summed E-state index contributed by atoms with van der Waals surface area (Å²) in [7, 11) is 0.794. The van der Waals surface area contributed by atoms with Crippen molar-refractivity contribution in [3.8, 4) is 5.75 Å². The van der Waals surface area contributed by atoms with Crippen molar-refractivity contribution in [1.82, 2.24) is 0 Å². The Kier molecular flexibility index (Phi) is 6.63. The lowest BCUT2D eigenvalue weighted by Crippen LogP contribution is -2.41. The van der Waals surface area contributed by atoms with Crippen molar-refractivity contribution in [2.24, 2.45) is 0 Å². The number of benzene rings is 2. The molecule has 1 heterocycles. The van der Waals surface area contributed by atoms with Gasteiger partial charge < -0.3 is 23.5 Å². The number of hydrogen-bond acceptors (Lipinski definition) is 5. The maximum atomic E-state index is 15.0. The first-order chi connectivity index (χ1) is 13.7. The number of hydrogen-bond donors (Lipinski definition) is 0. The summed E-state index contributed by atoms with van der Waals surface area (Å²) in [4.78, 5) is 0. The van der Waals surface area contributed by atoms with E-state index in [1.54, 1.807) is 6.07 Å². The average molecular weight is 402 g/mol. The van der Waals surface area contributed by atoms with E-state index in [-0.39, 0.29) is 13.4 Å². The quantitative estimate of drug-likeness (QED) is 0.382. The van der Waals surface area contributed by atoms with E-state index in [4.69, 9.17) is 23.5 Å². The monoisotopic (exact) mass is 402 g/mol. The smallest absolute Gasteiger partial charge is 0.489 e. The SMILES string of the molecule is COCOCc1c(F)cc(OCc2ccccc2)cc1B1OC(C)(C)C(C)(C)O1. The number of ether oxygens (including phenoxy) is 3. The fourth-order valence-electron chi connectivity index (χ4n) is 3.02. The predicted molar refractivity (Wildman–Crippen MR) is 110 cm³/mol. The molecule has 0 atom stereocenters. The summed E-state index contributed by atoms with van der Waals surface area (Å²) in [5.74, 6) is -0.0251. The van der Waals surface area contributed by atoms with Crippen LogP contribution in [0.15, 0.2) is 42.5 Å². The van der Waals surface area contributed by atoms with E-state index in [9.17, 15) is 4.39 Å². The summed E-state index contributed by atoms with van der Waals surface area (Å²) < 4.78 is 43.4. The van der Waals surface area contributed by atoms with E-state index in [2.05, 4.69) is 0 Å². The molecule has 5 nitrogen and oxygen atoms in total. The van der Waals surface area contributed by atoms with Crippen LogP contribution in [-0.2, 0) is 32.0 Å². The Morgan fingerprint density at radius 2 is 1.62 bits per heavy atom. The average Bonchev–Trinajstić information content (AvgIpc) is 2.89. The van der Waals surface area contributed by atoms with E-state index in [1.807, 2.05) is 58.0 Å². The highest BCUT2D eigenvalue weighted by molar-refractivity contribution is 6.62. The summed E-state index contributed by atoms with van der Waals surface area (Å²) in [6, 6.07) is 12.9. The molecule has 1 fully saturated rings. The summed E-state index contributed by atoms with van der Waals surface area (Å²) in [5, 5.41) is 0. The first kappa shape index (κ1) is 21.8. The highest BCUT2D eigenvalue weighted by Gasteiger charge is 2.52. The molecule has 0 aromatic heterocycles. The molecule has 0 saturated carbocycles. The Bertz CT molecular complexity index is 809. The zero-order chi connectivity index (χ0) is 21.1. The van der Waals surface area contributed by atoms with Crippen LogP contribution in [0.25, 0.3) is 0 Å². The third-order valence-electron chi connectivity index (χ3n) is 5.41. The molecule has 1 aliphatic rings. The van der Waals surface area contributed by atoms with Crippen molar-refractivity contribution in [1.29, 1.82) is 0 Å². The van der Waals surface area contributed by atoms with Gasteiger partial charge in [-0.3, -0.25) is 0 Å². The largest absolute Gasteiger partial charge is 0.495 e. The van der Waals surface area contributed by atoms with Gasteiger partial charge in [-0.1, -0.05) is 30.3 Å². The van der Waals surface area contributed by atoms with Gasteiger partial charge in [-0.25, -0.2) is 4.39 Å². The number of methoxy groups -OCH3 is 1. The molecular weight excluding hydrogens is 374 g/mol. The molecule has 2 aromatic rings. The second-order valence-corrected chi connectivity index (χ2v) is 8.09. The highest BCUT2D eigenvalue weighted by atomic mass is 19.1. The molecule has 0 bridgehead atoms. The van der Waals surface area contributed by atoms with Crippen LogP contribution in [-0.4, -0.2) is 32.2 Å². The molecule has 0 aliphatic carbocycles. The molecule has 3 rings (SSSR count). The van der Waals surface area contributed by atoms with Crippen molar-refractivity contribution in [2.45, 2.75) is 52.1 Å². The lowest BCUT2D eigenvalue weighted by molar-refractivity contribution is -0.0396. The Labute approximate surface area is 172 Å². The molecule has 0 N–H and O–H groups in total. The molecule has 7 heteroatoms. The third kappa shape index (κ3) is 4.98. The van der Waals surface area contributed by atoms with Crippen molar-refractivity contribution >= 4 is 12.6 Å². The molecule has 29 heavy (non-hydrogen) atoms. The summed E-state index contributed by atoms with van der Waals surface area (Å²) >= 11 is 0. The molecule has 0 unspecified atom stereocenters. The lowest BCUT2D eigenvalue weighted by Gasteiger charge is -2.32. The van der Waals surface area contributed by atoms with Gasteiger partial charge in [0.05, 0.1) is 17.8 Å². The van der Waals surface area contributed by atoms with Gasteiger partial charge in [0.15, 0.2) is 0 Å². The van der Waals surface area contributed by atoms with Crippen molar-refractivity contribution in [3.05, 3.63) is 59.4 Å². The van der Waals surface area contributed by atoms with Gasteiger partial charge in [-0.2, -0.15) is 0 Å². The van der Waals surface area contributed by atoms with Gasteiger partial charge in [0, 0.05) is 18.7 Å². The van der Waals surface area contributed by atoms with Crippen LogP contribution in [0.5, 0.6) is 5.75 Å². The minimum absolute atomic E-state index is 0.0397. The fourth-order valence-corrected chi connectivity index (χ4v) is 3.02. The zero-order valence-electron chi connectivity index (χ0n) is 17.7. The summed E-state index contributed by atoms with van der Waals surface area (Å²) in [6.07, 6.45) is 0. The Balaban J connectivity index is 1.89. The van der Waals surface area contributed by atoms with E-state index >= 15 is 0 Å². The van der Waals surface area contributed by atoms with Crippen LogP contribution in [0, 0.1) is 5.82 Å². The molecule has 0 spiro atoms. The second kappa shape index (κ2) is 8.84. The van der Waals surface area contributed by atoms with Crippen LogP contribution < -0.4 is 10.2 Å². The fraction of sp³-hybridized carbons (Fsp3) is 0.455. The van der Waals surface area contributed by atoms with Crippen molar-refractivity contribution < 1.29 is 27.9 Å². The van der Waals surface area contributed by atoms with Gasteiger partial charge in [0.1, 0.15) is 25.0 Å². The Morgan fingerprint density at radius 1 is 0.966 bits per heavy atom. The van der Waals surface area contributed by atoms with Crippen molar-refractivity contribution in [2.75, 3.05) is 13.9 Å². The van der Waals surface area contributed by atoms with Crippen LogP contribution in [0.1, 0.15) is 38.8 Å². The first-order valence-corrected chi connectivity index (χ1v) is 9.65. The first-order valence-electron chi connectivity index (χ1n) is 9.65. The lowest BCUT2D eigenvalue weighted by atomic mass is 9.75. The maximum absolute atomic E-state index is 15.0. The molecule has 0 radical (unpaired) electrons. The topological polar surface area (TPSA) is 46.2 Å². The van der Waals surface area contributed by atoms with Gasteiger partial charge in [-0.15, -0.1) is 0 Å². The zero-order valence-corrected chi connectivity index (χ0v) is 17.7. The Hall–Kier alpha value is -1.93. The van der Waals surface area contributed by atoms with Crippen LogP contribution in [0.2, 0.25) is 0 Å². The molecule has 156 valence electrons. The van der Waals surface area contributed by atoms with E-state index in [0.717, 1.165) is 5.56 Å². The number of halogens is 1. The van der Waals surface area contributed by atoms with Gasteiger partial charge >= 0.3 is 7.12 Å². The maximum Gasteiger partial charge on any atom is 0.495 e. The Morgan fingerprint density at radius 3 is 2.24 bits per heavy atom. The van der Waals surface area contributed by atoms with E-state index < -0.39 is 24.1 Å². The predicted octanol–water partition coefficient (Wildman–Crippen LogP) is 3.82. The van der Waals surface area contributed by atoms with Gasteiger partial charge in [0.2, 0.25) is 0 Å².